The van der Waals surface area contributed by atoms with Crippen molar-refractivity contribution in [2.24, 2.45) is 5.73 Å². The first-order chi connectivity index (χ1) is 21.0. The predicted octanol–water partition coefficient (Wildman–Crippen LogP) is 5.53. The molecule has 3 rings (SSSR count). The molecule has 3 aromatic carbocycles. The van der Waals surface area contributed by atoms with Crippen molar-refractivity contribution in [1.29, 1.82) is 5.26 Å². The molecule has 0 aromatic heterocycles. The van der Waals surface area contributed by atoms with Gasteiger partial charge in [-0.3, -0.25) is 9.59 Å². The second kappa shape index (κ2) is 16.0. The van der Waals surface area contributed by atoms with Crippen molar-refractivity contribution in [1.82, 2.24) is 0 Å². The van der Waals surface area contributed by atoms with Gasteiger partial charge in [-0.05, 0) is 78.1 Å². The number of esters is 1. The van der Waals surface area contributed by atoms with Gasteiger partial charge in [0.2, 0.25) is 5.91 Å². The Morgan fingerprint density at radius 1 is 1.00 bits per heavy atom. The largest absolute Gasteiger partial charge is 0.487 e. The number of anilines is 2. The van der Waals surface area contributed by atoms with Crippen LogP contribution in [0.15, 0.2) is 66.7 Å². The first kappa shape index (κ1) is 33.5. The van der Waals surface area contributed by atoms with Gasteiger partial charge in [-0.2, -0.15) is 5.26 Å². The number of nitrogens with two attached hydrogens (primary N) is 1. The van der Waals surface area contributed by atoms with Gasteiger partial charge in [0.15, 0.2) is 6.04 Å². The molecule has 0 saturated heterocycles. The maximum atomic E-state index is 13.0. The van der Waals surface area contributed by atoms with Gasteiger partial charge in [0.1, 0.15) is 12.4 Å². The normalized spacial score (nSPS) is 12.8. The van der Waals surface area contributed by atoms with Crippen molar-refractivity contribution in [3.05, 3.63) is 89.0 Å². The van der Waals surface area contributed by atoms with E-state index in [9.17, 15) is 28.3 Å². The Balaban J connectivity index is 1.81. The van der Waals surface area contributed by atoms with E-state index in [1.54, 1.807) is 62.4 Å². The van der Waals surface area contributed by atoms with Crippen LogP contribution in [0.2, 0.25) is 0 Å². The molecule has 0 saturated carbocycles. The molecule has 1 amide bonds. The summed E-state index contributed by atoms with van der Waals surface area (Å²) in [5.74, 6) is -2.50. The number of carbonyl (C=O) groups excluding carboxylic acids is 2. The van der Waals surface area contributed by atoms with Crippen molar-refractivity contribution >= 4 is 29.2 Å². The van der Waals surface area contributed by atoms with Crippen molar-refractivity contribution in [3.63, 3.8) is 0 Å². The number of carbonyl (C=O) groups is 3. The lowest BCUT2D eigenvalue weighted by molar-refractivity contribution is -0.143. The number of nitrogens with zero attached hydrogens (tertiary/aromatic N) is 1. The maximum Gasteiger partial charge on any atom is 0.330 e. The summed E-state index contributed by atoms with van der Waals surface area (Å²) in [4.78, 5) is 37.0. The van der Waals surface area contributed by atoms with Crippen LogP contribution < -0.4 is 21.1 Å². The van der Waals surface area contributed by atoms with Gasteiger partial charge in [-0.15, -0.1) is 0 Å². The average molecular weight is 609 g/mol. The third-order valence-electron chi connectivity index (χ3n) is 6.62. The highest BCUT2D eigenvalue weighted by Gasteiger charge is 2.24. The molecule has 0 aliphatic carbocycles. The van der Waals surface area contributed by atoms with Crippen LogP contribution in [-0.2, 0) is 19.1 Å². The van der Waals surface area contributed by atoms with E-state index in [0.717, 1.165) is 0 Å². The lowest BCUT2D eigenvalue weighted by Gasteiger charge is -2.21. The molecule has 0 aliphatic heterocycles. The van der Waals surface area contributed by atoms with Crippen LogP contribution in [0.1, 0.15) is 66.9 Å². The molecule has 0 spiro atoms. The molecule has 3 atom stereocenters. The topological polar surface area (TPSA) is 164 Å². The van der Waals surface area contributed by atoms with Crippen LogP contribution >= 0.6 is 0 Å². The SMILES string of the molecule is CCOC(=O)C[C@@H](N)c1cccc(NC(=O)C[C@@H](C)c2cc(C(Nc3ccc(C#N)cc3)C(=O)O)ccc2OCC(F)F)c1. The highest BCUT2D eigenvalue weighted by atomic mass is 19.3. The molecule has 1 unspecified atom stereocenters. The number of carboxylic acid groups (broad SMARTS) is 1. The second-order valence-electron chi connectivity index (χ2n) is 10.00. The second-order valence-corrected chi connectivity index (χ2v) is 10.00. The van der Waals surface area contributed by atoms with Gasteiger partial charge in [0, 0.05) is 23.8 Å². The van der Waals surface area contributed by atoms with E-state index < -0.39 is 48.9 Å². The summed E-state index contributed by atoms with van der Waals surface area (Å²) in [6, 6.07) is 17.5. The summed E-state index contributed by atoms with van der Waals surface area (Å²) >= 11 is 0. The molecule has 0 fully saturated rings. The number of nitriles is 1. The molecule has 44 heavy (non-hydrogen) atoms. The number of amides is 1. The standard InChI is InChI=1S/C32H34F2N4O6/c1-3-43-30(40)16-26(36)21-5-4-6-24(14-21)37-29(39)13-19(2)25-15-22(9-12-27(25)44-18-28(33)34)31(32(41)42)38-23-10-7-20(17-35)8-11-23/h4-12,14-15,19,26,28,31,38H,3,13,16,18,36H2,1-2H3,(H,37,39)(H,41,42)/t19-,26-,31?/m1/s1. The number of hydrogen-bond donors (Lipinski definition) is 4. The molecule has 0 radical (unpaired) electrons. The number of carboxylic acids is 1. The summed E-state index contributed by atoms with van der Waals surface area (Å²) in [5, 5.41) is 24.7. The maximum absolute atomic E-state index is 13.0. The molecular formula is C32H34F2N4O6. The van der Waals surface area contributed by atoms with Gasteiger partial charge in [-0.25, -0.2) is 13.6 Å². The number of benzene rings is 3. The molecule has 0 bridgehead atoms. The Kier molecular flexibility index (Phi) is 12.2. The highest BCUT2D eigenvalue weighted by molar-refractivity contribution is 5.91. The fourth-order valence-electron chi connectivity index (χ4n) is 4.48. The van der Waals surface area contributed by atoms with Gasteiger partial charge >= 0.3 is 11.9 Å². The van der Waals surface area contributed by atoms with E-state index in [0.29, 0.717) is 33.6 Å². The third-order valence-corrected chi connectivity index (χ3v) is 6.62. The zero-order valence-electron chi connectivity index (χ0n) is 24.3. The van der Waals surface area contributed by atoms with Crippen LogP contribution in [0.5, 0.6) is 5.75 Å². The van der Waals surface area contributed by atoms with E-state index in [1.165, 1.54) is 18.2 Å². The smallest absolute Gasteiger partial charge is 0.330 e. The number of halogens is 2. The minimum atomic E-state index is -2.74. The Morgan fingerprint density at radius 2 is 1.73 bits per heavy atom. The fraction of sp³-hybridized carbons (Fsp3) is 0.312. The fourth-order valence-corrected chi connectivity index (χ4v) is 4.48. The van der Waals surface area contributed by atoms with E-state index in [4.69, 9.17) is 20.5 Å². The van der Waals surface area contributed by atoms with Crippen LogP contribution in [0, 0.1) is 11.3 Å². The van der Waals surface area contributed by atoms with Crippen LogP contribution in [0.4, 0.5) is 20.2 Å². The zero-order valence-corrected chi connectivity index (χ0v) is 24.3. The van der Waals surface area contributed by atoms with Crippen LogP contribution in [0.25, 0.3) is 0 Å². The van der Waals surface area contributed by atoms with E-state index in [1.807, 2.05) is 6.07 Å². The van der Waals surface area contributed by atoms with Gasteiger partial charge in [0.05, 0.1) is 24.7 Å². The summed E-state index contributed by atoms with van der Waals surface area (Å²) < 4.78 is 36.2. The Labute approximate surface area is 253 Å². The molecule has 5 N–H and O–H groups in total. The zero-order chi connectivity index (χ0) is 32.2. The van der Waals surface area contributed by atoms with Crippen LogP contribution in [-0.4, -0.2) is 42.6 Å². The summed E-state index contributed by atoms with van der Waals surface area (Å²) in [5.41, 5.74) is 8.72. The molecule has 3 aromatic rings. The van der Waals surface area contributed by atoms with Crippen molar-refractivity contribution < 1.29 is 37.7 Å². The highest BCUT2D eigenvalue weighted by Crippen LogP contribution is 2.33. The molecule has 12 heteroatoms. The van der Waals surface area contributed by atoms with E-state index in [2.05, 4.69) is 10.6 Å². The van der Waals surface area contributed by atoms with Crippen molar-refractivity contribution in [2.45, 2.75) is 51.1 Å². The molecule has 10 nitrogen and oxygen atoms in total. The van der Waals surface area contributed by atoms with Gasteiger partial charge in [0.25, 0.3) is 6.43 Å². The number of rotatable bonds is 15. The monoisotopic (exact) mass is 608 g/mol. The quantitative estimate of drug-likeness (QED) is 0.163. The van der Waals surface area contributed by atoms with E-state index >= 15 is 0 Å². The Morgan fingerprint density at radius 3 is 2.36 bits per heavy atom. The summed E-state index contributed by atoms with van der Waals surface area (Å²) in [7, 11) is 0. The summed E-state index contributed by atoms with van der Waals surface area (Å²) in [6.45, 7) is 2.76. The van der Waals surface area contributed by atoms with E-state index in [-0.39, 0.29) is 25.2 Å². The number of hydrogen-bond acceptors (Lipinski definition) is 8. The molecular weight excluding hydrogens is 574 g/mol. The minimum Gasteiger partial charge on any atom is -0.487 e. The van der Waals surface area contributed by atoms with Gasteiger partial charge < -0.3 is 30.9 Å². The minimum absolute atomic E-state index is 0.0304. The molecule has 0 heterocycles. The number of nitrogens with one attached hydrogen (secondary N) is 2. The van der Waals surface area contributed by atoms with Gasteiger partial charge in [-0.1, -0.05) is 25.1 Å². The predicted molar refractivity (Wildman–Crippen MR) is 159 cm³/mol. The van der Waals surface area contributed by atoms with Crippen LogP contribution in [0.3, 0.4) is 0 Å². The number of alkyl halides is 2. The summed E-state index contributed by atoms with van der Waals surface area (Å²) in [6.07, 6.45) is -2.86. The number of aliphatic carboxylic acids is 1. The average Bonchev–Trinajstić information content (AvgIpc) is 2.99. The Hall–Kier alpha value is -5.02. The van der Waals surface area contributed by atoms with Crippen molar-refractivity contribution in [3.8, 4) is 11.8 Å². The first-order valence-corrected chi connectivity index (χ1v) is 13.9. The lowest BCUT2D eigenvalue weighted by Crippen LogP contribution is -2.21. The lowest BCUT2D eigenvalue weighted by atomic mass is 9.92. The van der Waals surface area contributed by atoms with Crippen molar-refractivity contribution in [2.75, 3.05) is 23.8 Å². The third kappa shape index (κ3) is 9.78. The molecule has 0 aliphatic rings. The molecule has 232 valence electrons. The number of ether oxygens (including phenoxy) is 2. The Bertz CT molecular complexity index is 1490. The first-order valence-electron chi connectivity index (χ1n) is 13.9.